The predicted octanol–water partition coefficient (Wildman–Crippen LogP) is 3.53. The number of hydrogen-bond donors (Lipinski definition) is 0. The minimum Gasteiger partial charge on any atom is -0.381 e. The highest BCUT2D eigenvalue weighted by molar-refractivity contribution is 9.09. The highest BCUT2D eigenvalue weighted by Gasteiger charge is 2.37. The van der Waals surface area contributed by atoms with E-state index in [9.17, 15) is 0 Å². The Labute approximate surface area is 107 Å². The van der Waals surface area contributed by atoms with Gasteiger partial charge < -0.3 is 9.47 Å². The molecule has 0 amide bonds. The number of rotatable bonds is 3. The molecule has 2 fully saturated rings. The van der Waals surface area contributed by atoms with Crippen molar-refractivity contribution in [2.45, 2.75) is 57.2 Å². The minimum absolute atomic E-state index is 0.111. The molecule has 1 heterocycles. The number of hydrogen-bond acceptors (Lipinski definition) is 2. The van der Waals surface area contributed by atoms with Gasteiger partial charge in [0.25, 0.3) is 0 Å². The first kappa shape index (κ1) is 12.8. The molecule has 2 nitrogen and oxygen atoms in total. The predicted molar refractivity (Wildman–Crippen MR) is 69.1 cm³/mol. The molecule has 2 rings (SSSR count). The molecule has 1 aliphatic heterocycles. The van der Waals surface area contributed by atoms with Gasteiger partial charge in [-0.1, -0.05) is 35.7 Å². The Hall–Kier alpha value is 0.400. The monoisotopic (exact) mass is 290 g/mol. The van der Waals surface area contributed by atoms with Crippen molar-refractivity contribution in [3.63, 3.8) is 0 Å². The van der Waals surface area contributed by atoms with E-state index in [0.29, 0.717) is 6.10 Å². The van der Waals surface area contributed by atoms with Gasteiger partial charge in [-0.05, 0) is 31.6 Å². The Morgan fingerprint density at radius 3 is 2.69 bits per heavy atom. The van der Waals surface area contributed by atoms with Crippen LogP contribution in [0.1, 0.15) is 45.4 Å². The van der Waals surface area contributed by atoms with E-state index >= 15 is 0 Å². The molecule has 1 saturated heterocycles. The van der Waals surface area contributed by atoms with E-state index in [1.54, 1.807) is 0 Å². The molecular weight excluding hydrogens is 268 g/mol. The van der Waals surface area contributed by atoms with Crippen LogP contribution in [0.4, 0.5) is 0 Å². The first-order valence-corrected chi connectivity index (χ1v) is 7.68. The number of halogens is 1. The summed E-state index contributed by atoms with van der Waals surface area (Å²) in [4.78, 5) is 0. The van der Waals surface area contributed by atoms with Crippen molar-refractivity contribution < 1.29 is 9.47 Å². The largest absolute Gasteiger partial charge is 0.381 e. The van der Waals surface area contributed by atoms with Crippen molar-refractivity contribution in [2.75, 3.05) is 18.5 Å². The maximum Gasteiger partial charge on any atom is 0.0785 e. The zero-order chi connectivity index (χ0) is 11.4. The third-order valence-corrected chi connectivity index (χ3v) is 4.90. The van der Waals surface area contributed by atoms with Crippen molar-refractivity contribution in [3.8, 4) is 0 Å². The zero-order valence-corrected chi connectivity index (χ0v) is 11.8. The molecule has 0 N–H and O–H groups in total. The lowest BCUT2D eigenvalue weighted by molar-refractivity contribution is -0.134. The van der Waals surface area contributed by atoms with E-state index in [2.05, 4.69) is 22.9 Å². The lowest BCUT2D eigenvalue weighted by Gasteiger charge is -2.42. The summed E-state index contributed by atoms with van der Waals surface area (Å²) in [5.74, 6) is 0.811. The summed E-state index contributed by atoms with van der Waals surface area (Å²) in [7, 11) is 0. The summed E-state index contributed by atoms with van der Waals surface area (Å²) in [5.41, 5.74) is 0.111. The molecular formula is C13H23BrO2. The molecule has 94 valence electrons. The van der Waals surface area contributed by atoms with Crippen molar-refractivity contribution in [1.29, 1.82) is 0 Å². The maximum atomic E-state index is 6.41. The highest BCUT2D eigenvalue weighted by atomic mass is 79.9. The lowest BCUT2D eigenvalue weighted by Crippen LogP contribution is -2.43. The van der Waals surface area contributed by atoms with Gasteiger partial charge in [0.05, 0.1) is 11.7 Å². The van der Waals surface area contributed by atoms with Crippen molar-refractivity contribution >= 4 is 15.9 Å². The Kier molecular flexibility index (Phi) is 4.68. The van der Waals surface area contributed by atoms with Crippen LogP contribution < -0.4 is 0 Å². The fourth-order valence-corrected chi connectivity index (χ4v) is 3.66. The second-order valence-corrected chi connectivity index (χ2v) is 6.01. The van der Waals surface area contributed by atoms with Gasteiger partial charge in [0.1, 0.15) is 0 Å². The Bertz CT molecular complexity index is 216. The zero-order valence-electron chi connectivity index (χ0n) is 10.2. The van der Waals surface area contributed by atoms with Gasteiger partial charge in [0, 0.05) is 18.5 Å². The average molecular weight is 291 g/mol. The maximum absolute atomic E-state index is 6.41. The molecule has 2 aliphatic rings. The van der Waals surface area contributed by atoms with E-state index in [0.717, 1.165) is 37.3 Å². The number of alkyl halides is 1. The van der Waals surface area contributed by atoms with Gasteiger partial charge >= 0.3 is 0 Å². The molecule has 2 unspecified atom stereocenters. The van der Waals surface area contributed by atoms with Crippen LogP contribution in [0, 0.1) is 5.92 Å². The molecule has 0 aromatic heterocycles. The summed E-state index contributed by atoms with van der Waals surface area (Å²) in [6.45, 7) is 4.10. The number of ether oxygens (including phenoxy) is 2. The van der Waals surface area contributed by atoms with Gasteiger partial charge in [-0.3, -0.25) is 0 Å². The van der Waals surface area contributed by atoms with Crippen molar-refractivity contribution in [2.24, 2.45) is 5.92 Å². The summed E-state index contributed by atoms with van der Waals surface area (Å²) in [6.07, 6.45) is 7.69. The molecule has 3 heteroatoms. The Morgan fingerprint density at radius 1 is 1.31 bits per heavy atom. The lowest BCUT2D eigenvalue weighted by atomic mass is 9.79. The van der Waals surface area contributed by atoms with Crippen LogP contribution in [0.15, 0.2) is 0 Å². The molecule has 0 aromatic carbocycles. The molecule has 1 aliphatic carbocycles. The van der Waals surface area contributed by atoms with E-state index in [-0.39, 0.29) is 5.60 Å². The summed E-state index contributed by atoms with van der Waals surface area (Å²) < 4.78 is 11.8. The SMILES string of the molecule is CC1CCCC(CBr)(OC2CCOCC2)C1. The summed E-state index contributed by atoms with van der Waals surface area (Å²) in [5, 5.41) is 0.988. The third kappa shape index (κ3) is 3.21. The van der Waals surface area contributed by atoms with E-state index in [1.165, 1.54) is 25.7 Å². The standard InChI is InChI=1S/C13H23BrO2/c1-11-3-2-6-13(9-11,10-14)16-12-4-7-15-8-5-12/h11-12H,2-10H2,1H3. The Morgan fingerprint density at radius 2 is 2.06 bits per heavy atom. The molecule has 0 radical (unpaired) electrons. The Balaban J connectivity index is 1.91. The topological polar surface area (TPSA) is 18.5 Å². The molecule has 0 bridgehead atoms. The fraction of sp³-hybridized carbons (Fsp3) is 1.00. The quantitative estimate of drug-likeness (QED) is 0.741. The van der Waals surface area contributed by atoms with Gasteiger partial charge in [-0.25, -0.2) is 0 Å². The summed E-state index contributed by atoms with van der Waals surface area (Å²) >= 11 is 3.67. The van der Waals surface area contributed by atoms with Gasteiger partial charge in [-0.2, -0.15) is 0 Å². The first-order chi connectivity index (χ1) is 7.74. The van der Waals surface area contributed by atoms with Crippen LogP contribution in [0.3, 0.4) is 0 Å². The van der Waals surface area contributed by atoms with Crippen LogP contribution in [0.5, 0.6) is 0 Å². The van der Waals surface area contributed by atoms with Crippen LogP contribution >= 0.6 is 15.9 Å². The molecule has 16 heavy (non-hydrogen) atoms. The minimum atomic E-state index is 0.111. The first-order valence-electron chi connectivity index (χ1n) is 6.56. The van der Waals surface area contributed by atoms with Crippen LogP contribution in [0.2, 0.25) is 0 Å². The van der Waals surface area contributed by atoms with Gasteiger partial charge in [0.2, 0.25) is 0 Å². The normalized spacial score (nSPS) is 37.5. The fourth-order valence-electron chi connectivity index (χ4n) is 3.02. The molecule has 0 spiro atoms. The molecule has 1 saturated carbocycles. The van der Waals surface area contributed by atoms with E-state index in [4.69, 9.17) is 9.47 Å². The molecule has 2 atom stereocenters. The second-order valence-electron chi connectivity index (χ2n) is 5.45. The van der Waals surface area contributed by atoms with Gasteiger partial charge in [0.15, 0.2) is 0 Å². The van der Waals surface area contributed by atoms with Crippen LogP contribution in [0.25, 0.3) is 0 Å². The van der Waals surface area contributed by atoms with E-state index < -0.39 is 0 Å². The van der Waals surface area contributed by atoms with Crippen LogP contribution in [-0.4, -0.2) is 30.2 Å². The van der Waals surface area contributed by atoms with Crippen LogP contribution in [-0.2, 0) is 9.47 Å². The summed E-state index contributed by atoms with van der Waals surface area (Å²) in [6, 6.07) is 0. The second kappa shape index (κ2) is 5.83. The van der Waals surface area contributed by atoms with Gasteiger partial charge in [-0.15, -0.1) is 0 Å². The average Bonchev–Trinajstić information content (AvgIpc) is 2.30. The smallest absolute Gasteiger partial charge is 0.0785 e. The third-order valence-electron chi connectivity index (χ3n) is 3.88. The van der Waals surface area contributed by atoms with Crippen molar-refractivity contribution in [1.82, 2.24) is 0 Å². The van der Waals surface area contributed by atoms with Crippen molar-refractivity contribution in [3.05, 3.63) is 0 Å². The van der Waals surface area contributed by atoms with E-state index in [1.807, 2.05) is 0 Å². The molecule has 0 aromatic rings. The highest BCUT2D eigenvalue weighted by Crippen LogP contribution is 2.38.